The maximum absolute atomic E-state index is 12.3. The number of aromatic nitrogens is 2. The molecule has 0 radical (unpaired) electrons. The van der Waals surface area contributed by atoms with Crippen molar-refractivity contribution in [3.63, 3.8) is 0 Å². The van der Waals surface area contributed by atoms with Gasteiger partial charge in [0.2, 0.25) is 5.91 Å². The third kappa shape index (κ3) is 2.23. The van der Waals surface area contributed by atoms with E-state index < -0.39 is 11.9 Å². The van der Waals surface area contributed by atoms with E-state index in [1.807, 2.05) is 13.8 Å². The standard InChI is InChI=1S/C12H18N4O2/c1-8(2)16-7-9(6-14-16)12(18)15-5-3-4-10(15)11(13)17/h6-8,10H,3-5H2,1-2H3,(H2,13,17)/t10-/m0/s1. The molecule has 0 bridgehead atoms. The Morgan fingerprint density at radius 1 is 1.50 bits per heavy atom. The number of nitrogens with two attached hydrogens (primary N) is 1. The summed E-state index contributed by atoms with van der Waals surface area (Å²) in [7, 11) is 0. The molecular formula is C12H18N4O2. The lowest BCUT2D eigenvalue weighted by atomic mass is 10.2. The molecule has 0 unspecified atom stereocenters. The minimum atomic E-state index is -0.472. The number of carbonyl (C=O) groups is 2. The molecular weight excluding hydrogens is 232 g/mol. The van der Waals surface area contributed by atoms with E-state index in [1.165, 1.54) is 0 Å². The van der Waals surface area contributed by atoms with Crippen LogP contribution >= 0.6 is 0 Å². The predicted molar refractivity (Wildman–Crippen MR) is 65.9 cm³/mol. The van der Waals surface area contributed by atoms with E-state index in [0.29, 0.717) is 18.5 Å². The molecule has 98 valence electrons. The van der Waals surface area contributed by atoms with Gasteiger partial charge in [-0.3, -0.25) is 14.3 Å². The van der Waals surface area contributed by atoms with Gasteiger partial charge in [-0.1, -0.05) is 0 Å². The van der Waals surface area contributed by atoms with Crippen LogP contribution in [-0.2, 0) is 4.79 Å². The molecule has 6 nitrogen and oxygen atoms in total. The first kappa shape index (κ1) is 12.6. The Balaban J connectivity index is 2.17. The molecule has 6 heteroatoms. The zero-order valence-corrected chi connectivity index (χ0v) is 10.7. The van der Waals surface area contributed by atoms with Gasteiger partial charge in [-0.25, -0.2) is 0 Å². The first-order valence-corrected chi connectivity index (χ1v) is 6.15. The van der Waals surface area contributed by atoms with Crippen molar-refractivity contribution in [2.75, 3.05) is 6.54 Å². The zero-order chi connectivity index (χ0) is 13.3. The molecule has 2 rings (SSSR count). The Labute approximate surface area is 106 Å². The van der Waals surface area contributed by atoms with Crippen LogP contribution in [0.5, 0.6) is 0 Å². The molecule has 2 N–H and O–H groups in total. The van der Waals surface area contributed by atoms with Crippen molar-refractivity contribution in [3.8, 4) is 0 Å². The van der Waals surface area contributed by atoms with E-state index in [0.717, 1.165) is 6.42 Å². The van der Waals surface area contributed by atoms with Crippen LogP contribution < -0.4 is 5.73 Å². The fourth-order valence-electron chi connectivity index (χ4n) is 2.20. The van der Waals surface area contributed by atoms with Crippen molar-refractivity contribution in [1.29, 1.82) is 0 Å². The van der Waals surface area contributed by atoms with E-state index >= 15 is 0 Å². The maximum Gasteiger partial charge on any atom is 0.257 e. The normalized spacial score (nSPS) is 19.5. The number of carbonyl (C=O) groups excluding carboxylic acids is 2. The highest BCUT2D eigenvalue weighted by Crippen LogP contribution is 2.20. The van der Waals surface area contributed by atoms with Crippen LogP contribution in [0.3, 0.4) is 0 Å². The SMILES string of the molecule is CC(C)n1cc(C(=O)N2CCC[C@H]2C(N)=O)cn1. The van der Waals surface area contributed by atoms with Crippen molar-refractivity contribution in [2.45, 2.75) is 38.8 Å². The van der Waals surface area contributed by atoms with Crippen LogP contribution in [0.1, 0.15) is 43.1 Å². The minimum Gasteiger partial charge on any atom is -0.368 e. The van der Waals surface area contributed by atoms with Crippen LogP contribution in [0.15, 0.2) is 12.4 Å². The van der Waals surface area contributed by atoms with Crippen molar-refractivity contribution < 1.29 is 9.59 Å². The number of hydrogen-bond donors (Lipinski definition) is 1. The van der Waals surface area contributed by atoms with Gasteiger partial charge in [-0.2, -0.15) is 5.10 Å². The molecule has 2 amide bonds. The van der Waals surface area contributed by atoms with Crippen molar-refractivity contribution in [1.82, 2.24) is 14.7 Å². The number of rotatable bonds is 3. The van der Waals surface area contributed by atoms with Gasteiger partial charge >= 0.3 is 0 Å². The van der Waals surface area contributed by atoms with E-state index in [4.69, 9.17) is 5.73 Å². The summed E-state index contributed by atoms with van der Waals surface area (Å²) >= 11 is 0. The summed E-state index contributed by atoms with van der Waals surface area (Å²) in [4.78, 5) is 25.1. The number of nitrogens with zero attached hydrogens (tertiary/aromatic N) is 3. The summed E-state index contributed by atoms with van der Waals surface area (Å²) in [6.45, 7) is 4.56. The summed E-state index contributed by atoms with van der Waals surface area (Å²) in [5.74, 6) is -0.597. The molecule has 1 aliphatic rings. The number of hydrogen-bond acceptors (Lipinski definition) is 3. The van der Waals surface area contributed by atoms with Gasteiger partial charge < -0.3 is 10.6 Å². The Hall–Kier alpha value is -1.85. The largest absolute Gasteiger partial charge is 0.368 e. The summed E-state index contributed by atoms with van der Waals surface area (Å²) in [5.41, 5.74) is 5.81. The molecule has 0 aromatic carbocycles. The van der Waals surface area contributed by atoms with Crippen molar-refractivity contribution in [3.05, 3.63) is 18.0 Å². The summed E-state index contributed by atoms with van der Waals surface area (Å²) in [6.07, 6.45) is 4.72. The smallest absolute Gasteiger partial charge is 0.257 e. The molecule has 0 aliphatic carbocycles. The lowest BCUT2D eigenvalue weighted by molar-refractivity contribution is -0.121. The van der Waals surface area contributed by atoms with E-state index in [9.17, 15) is 9.59 Å². The van der Waals surface area contributed by atoms with Gasteiger partial charge in [0.25, 0.3) is 5.91 Å². The average Bonchev–Trinajstić information content (AvgIpc) is 2.97. The Kier molecular flexibility index (Phi) is 3.36. The predicted octanol–water partition coefficient (Wildman–Crippen LogP) is 0.554. The first-order valence-electron chi connectivity index (χ1n) is 6.15. The van der Waals surface area contributed by atoms with Crippen LogP contribution in [-0.4, -0.2) is 39.1 Å². The van der Waals surface area contributed by atoms with Crippen LogP contribution in [0.4, 0.5) is 0 Å². The molecule has 1 aromatic rings. The molecule has 0 saturated carbocycles. The molecule has 1 aromatic heterocycles. The Morgan fingerprint density at radius 2 is 2.22 bits per heavy atom. The fraction of sp³-hybridized carbons (Fsp3) is 0.583. The Morgan fingerprint density at radius 3 is 2.78 bits per heavy atom. The van der Waals surface area contributed by atoms with Gasteiger partial charge in [0.15, 0.2) is 0 Å². The number of likely N-dealkylation sites (tertiary alicyclic amines) is 1. The highest BCUT2D eigenvalue weighted by Gasteiger charge is 2.33. The summed E-state index contributed by atoms with van der Waals surface area (Å²) < 4.78 is 1.72. The molecule has 18 heavy (non-hydrogen) atoms. The highest BCUT2D eigenvalue weighted by molar-refractivity contribution is 5.97. The second-order valence-corrected chi connectivity index (χ2v) is 4.86. The third-order valence-corrected chi connectivity index (χ3v) is 3.22. The van der Waals surface area contributed by atoms with E-state index in [2.05, 4.69) is 5.10 Å². The van der Waals surface area contributed by atoms with Gasteiger partial charge in [-0.05, 0) is 26.7 Å². The average molecular weight is 250 g/mol. The van der Waals surface area contributed by atoms with Gasteiger partial charge in [0.1, 0.15) is 6.04 Å². The summed E-state index contributed by atoms with van der Waals surface area (Å²) in [5, 5.41) is 4.13. The van der Waals surface area contributed by atoms with E-state index in [-0.39, 0.29) is 11.9 Å². The maximum atomic E-state index is 12.3. The topological polar surface area (TPSA) is 81.2 Å². The molecule has 0 spiro atoms. The second-order valence-electron chi connectivity index (χ2n) is 4.86. The van der Waals surface area contributed by atoms with Crippen molar-refractivity contribution in [2.24, 2.45) is 5.73 Å². The second kappa shape index (κ2) is 4.80. The van der Waals surface area contributed by atoms with Crippen LogP contribution in [0.2, 0.25) is 0 Å². The molecule has 1 saturated heterocycles. The molecule has 1 fully saturated rings. The van der Waals surface area contributed by atoms with Gasteiger partial charge in [0.05, 0.1) is 11.8 Å². The molecule has 1 aliphatic heterocycles. The summed E-state index contributed by atoms with van der Waals surface area (Å²) in [6, 6.07) is -0.267. The monoisotopic (exact) mass is 250 g/mol. The molecule has 2 heterocycles. The lowest BCUT2D eigenvalue weighted by Crippen LogP contribution is -2.43. The van der Waals surface area contributed by atoms with Gasteiger partial charge in [0, 0.05) is 18.8 Å². The number of primary amides is 1. The quantitative estimate of drug-likeness (QED) is 0.850. The number of amides is 2. The molecule has 1 atom stereocenters. The van der Waals surface area contributed by atoms with Crippen LogP contribution in [0, 0.1) is 0 Å². The van der Waals surface area contributed by atoms with Crippen molar-refractivity contribution >= 4 is 11.8 Å². The lowest BCUT2D eigenvalue weighted by Gasteiger charge is -2.21. The minimum absolute atomic E-state index is 0.164. The Bertz CT molecular complexity index is 466. The van der Waals surface area contributed by atoms with Crippen LogP contribution in [0.25, 0.3) is 0 Å². The fourth-order valence-corrected chi connectivity index (χ4v) is 2.20. The third-order valence-electron chi connectivity index (χ3n) is 3.22. The van der Waals surface area contributed by atoms with Gasteiger partial charge in [-0.15, -0.1) is 0 Å². The van der Waals surface area contributed by atoms with E-state index in [1.54, 1.807) is 22.0 Å². The zero-order valence-electron chi connectivity index (χ0n) is 10.7. The highest BCUT2D eigenvalue weighted by atomic mass is 16.2. The first-order chi connectivity index (χ1) is 8.50.